The number of aryl methyl sites for hydroxylation is 1. The van der Waals surface area contributed by atoms with Gasteiger partial charge in [-0.05, 0) is 56.3 Å². The number of nitrogens with zero attached hydrogens (tertiary/aromatic N) is 3. The molecule has 0 spiro atoms. The Morgan fingerprint density at radius 2 is 1.96 bits per heavy atom. The highest BCUT2D eigenvalue weighted by Crippen LogP contribution is 2.32. The van der Waals surface area contributed by atoms with Crippen LogP contribution in [0.3, 0.4) is 0 Å². The lowest BCUT2D eigenvalue weighted by Crippen LogP contribution is -1.98. The molecule has 0 bridgehead atoms. The zero-order chi connectivity index (χ0) is 17.9. The number of rotatable bonds is 5. The molecular formula is C20H18N4OS. The van der Waals surface area contributed by atoms with Crippen molar-refractivity contribution in [3.05, 3.63) is 59.7 Å². The minimum Gasteiger partial charge on any atom is -0.494 e. The van der Waals surface area contributed by atoms with E-state index in [4.69, 9.17) is 14.7 Å². The highest BCUT2D eigenvalue weighted by atomic mass is 32.1. The Morgan fingerprint density at radius 3 is 2.69 bits per heavy atom. The van der Waals surface area contributed by atoms with Crippen molar-refractivity contribution in [2.24, 2.45) is 0 Å². The van der Waals surface area contributed by atoms with Gasteiger partial charge in [-0.15, -0.1) is 11.3 Å². The predicted molar refractivity (Wildman–Crippen MR) is 106 cm³/mol. The molecule has 0 radical (unpaired) electrons. The molecule has 26 heavy (non-hydrogen) atoms. The summed E-state index contributed by atoms with van der Waals surface area (Å²) >= 11 is 1.66. The van der Waals surface area contributed by atoms with Gasteiger partial charge in [0.15, 0.2) is 5.82 Å². The van der Waals surface area contributed by atoms with Gasteiger partial charge in [0.2, 0.25) is 0 Å². The molecular weight excluding hydrogens is 344 g/mol. The molecule has 0 amide bonds. The number of hydrogen-bond donors (Lipinski definition) is 1. The molecule has 4 aromatic rings. The number of anilines is 2. The summed E-state index contributed by atoms with van der Waals surface area (Å²) < 4.78 is 5.50. The van der Waals surface area contributed by atoms with Gasteiger partial charge in [-0.1, -0.05) is 0 Å². The fourth-order valence-electron chi connectivity index (χ4n) is 2.70. The summed E-state index contributed by atoms with van der Waals surface area (Å²) in [5.74, 6) is 2.32. The molecule has 0 saturated heterocycles. The van der Waals surface area contributed by atoms with E-state index in [0.29, 0.717) is 12.4 Å². The van der Waals surface area contributed by atoms with Crippen LogP contribution in [-0.2, 0) is 0 Å². The van der Waals surface area contributed by atoms with Gasteiger partial charge in [0.1, 0.15) is 16.4 Å². The van der Waals surface area contributed by atoms with Crippen LogP contribution in [0.5, 0.6) is 5.75 Å². The van der Waals surface area contributed by atoms with Crippen LogP contribution in [0.15, 0.2) is 54.9 Å². The zero-order valence-electron chi connectivity index (χ0n) is 14.6. The molecule has 0 saturated carbocycles. The summed E-state index contributed by atoms with van der Waals surface area (Å²) in [5.41, 5.74) is 1.85. The van der Waals surface area contributed by atoms with Crippen LogP contribution < -0.4 is 10.1 Å². The van der Waals surface area contributed by atoms with Crippen LogP contribution in [0.1, 0.15) is 11.8 Å². The van der Waals surface area contributed by atoms with Crippen LogP contribution in [0.4, 0.5) is 11.5 Å². The standard InChI is InChI=1S/C20H18N4OS/c1-3-25-16-8-6-15(7-9-16)22-19-17-11-13(2)26-20(17)24-18(23-19)14-5-4-10-21-12-14/h4-12H,3H2,1-2H3,(H,22,23,24). The van der Waals surface area contributed by atoms with E-state index in [-0.39, 0.29) is 0 Å². The average molecular weight is 362 g/mol. The Hall–Kier alpha value is -2.99. The SMILES string of the molecule is CCOc1ccc(Nc2nc(-c3cccnc3)nc3sc(C)cc23)cc1. The molecule has 0 atom stereocenters. The first-order valence-corrected chi connectivity index (χ1v) is 9.23. The zero-order valence-corrected chi connectivity index (χ0v) is 15.4. The molecule has 0 aliphatic rings. The summed E-state index contributed by atoms with van der Waals surface area (Å²) in [7, 11) is 0. The Balaban J connectivity index is 1.75. The predicted octanol–water partition coefficient (Wildman–Crippen LogP) is 5.20. The average Bonchev–Trinajstić information content (AvgIpc) is 3.05. The molecule has 0 aliphatic heterocycles. The number of thiophene rings is 1. The molecule has 1 N–H and O–H groups in total. The molecule has 0 aliphatic carbocycles. The molecule has 1 aromatic carbocycles. The highest BCUT2D eigenvalue weighted by molar-refractivity contribution is 7.18. The molecule has 4 rings (SSSR count). The van der Waals surface area contributed by atoms with Crippen LogP contribution in [0, 0.1) is 6.92 Å². The summed E-state index contributed by atoms with van der Waals surface area (Å²) in [6, 6.07) is 13.8. The van der Waals surface area contributed by atoms with E-state index in [0.717, 1.165) is 33.0 Å². The first-order chi connectivity index (χ1) is 12.7. The summed E-state index contributed by atoms with van der Waals surface area (Å²) in [5, 5.41) is 4.44. The fraction of sp³-hybridized carbons (Fsp3) is 0.150. The monoisotopic (exact) mass is 362 g/mol. The molecule has 3 aromatic heterocycles. The number of aromatic nitrogens is 3. The third kappa shape index (κ3) is 3.36. The van der Waals surface area contributed by atoms with E-state index >= 15 is 0 Å². The third-order valence-corrected chi connectivity index (χ3v) is 4.81. The van der Waals surface area contributed by atoms with Gasteiger partial charge in [-0.25, -0.2) is 9.97 Å². The van der Waals surface area contributed by atoms with Crippen LogP contribution in [0.2, 0.25) is 0 Å². The van der Waals surface area contributed by atoms with Crippen LogP contribution in [0.25, 0.3) is 21.6 Å². The summed E-state index contributed by atoms with van der Waals surface area (Å²) in [6.07, 6.45) is 3.53. The minimum absolute atomic E-state index is 0.655. The van der Waals surface area contributed by atoms with E-state index in [2.05, 4.69) is 23.3 Å². The highest BCUT2D eigenvalue weighted by Gasteiger charge is 2.12. The molecule has 130 valence electrons. The molecule has 3 heterocycles. The largest absolute Gasteiger partial charge is 0.494 e. The van der Waals surface area contributed by atoms with E-state index in [1.54, 1.807) is 23.7 Å². The fourth-order valence-corrected chi connectivity index (χ4v) is 3.58. The molecule has 0 unspecified atom stereocenters. The normalized spacial score (nSPS) is 10.8. The van der Waals surface area contributed by atoms with Gasteiger partial charge < -0.3 is 10.1 Å². The maximum absolute atomic E-state index is 5.50. The van der Waals surface area contributed by atoms with Gasteiger partial charge >= 0.3 is 0 Å². The van der Waals surface area contributed by atoms with Crippen molar-refractivity contribution in [2.45, 2.75) is 13.8 Å². The number of fused-ring (bicyclic) bond motifs is 1. The van der Waals surface area contributed by atoms with Gasteiger partial charge in [0.05, 0.1) is 12.0 Å². The van der Waals surface area contributed by atoms with Crippen LogP contribution >= 0.6 is 11.3 Å². The molecule has 6 heteroatoms. The Labute approximate surface area is 155 Å². The van der Waals surface area contributed by atoms with Crippen molar-refractivity contribution < 1.29 is 4.74 Å². The molecule has 5 nitrogen and oxygen atoms in total. The lowest BCUT2D eigenvalue weighted by atomic mass is 10.2. The van der Waals surface area contributed by atoms with Crippen molar-refractivity contribution in [1.82, 2.24) is 15.0 Å². The Morgan fingerprint density at radius 1 is 1.12 bits per heavy atom. The van der Waals surface area contributed by atoms with Crippen molar-refractivity contribution in [2.75, 3.05) is 11.9 Å². The first-order valence-electron chi connectivity index (χ1n) is 8.41. The number of ether oxygens (including phenoxy) is 1. The van der Waals surface area contributed by atoms with Gasteiger partial charge in [-0.2, -0.15) is 0 Å². The maximum Gasteiger partial charge on any atom is 0.164 e. The topological polar surface area (TPSA) is 59.9 Å². The minimum atomic E-state index is 0.655. The smallest absolute Gasteiger partial charge is 0.164 e. The summed E-state index contributed by atoms with van der Waals surface area (Å²) in [4.78, 5) is 15.8. The maximum atomic E-state index is 5.50. The van der Waals surface area contributed by atoms with E-state index < -0.39 is 0 Å². The quantitative estimate of drug-likeness (QED) is 0.528. The van der Waals surface area contributed by atoms with Crippen molar-refractivity contribution in [1.29, 1.82) is 0 Å². The van der Waals surface area contributed by atoms with E-state index in [1.165, 1.54) is 4.88 Å². The van der Waals surface area contributed by atoms with Gasteiger partial charge in [0, 0.05) is 28.5 Å². The second-order valence-corrected chi connectivity index (χ2v) is 7.03. The first kappa shape index (κ1) is 16.5. The van der Waals surface area contributed by atoms with Crippen molar-refractivity contribution >= 4 is 33.1 Å². The Kier molecular flexibility index (Phi) is 4.50. The number of benzene rings is 1. The summed E-state index contributed by atoms with van der Waals surface area (Å²) in [6.45, 7) is 4.71. The molecule has 0 fully saturated rings. The van der Waals surface area contributed by atoms with E-state index in [1.807, 2.05) is 43.3 Å². The van der Waals surface area contributed by atoms with Crippen molar-refractivity contribution in [3.8, 4) is 17.1 Å². The second-order valence-electron chi connectivity index (χ2n) is 5.80. The third-order valence-electron chi connectivity index (χ3n) is 3.86. The van der Waals surface area contributed by atoms with Gasteiger partial charge in [-0.3, -0.25) is 4.98 Å². The lowest BCUT2D eigenvalue weighted by Gasteiger charge is -2.10. The number of hydrogen-bond acceptors (Lipinski definition) is 6. The second kappa shape index (κ2) is 7.09. The number of nitrogens with one attached hydrogen (secondary N) is 1. The number of pyridine rings is 1. The van der Waals surface area contributed by atoms with Crippen molar-refractivity contribution in [3.63, 3.8) is 0 Å². The van der Waals surface area contributed by atoms with Gasteiger partial charge in [0.25, 0.3) is 0 Å². The van der Waals surface area contributed by atoms with E-state index in [9.17, 15) is 0 Å². The Bertz CT molecular complexity index is 1030. The lowest BCUT2D eigenvalue weighted by molar-refractivity contribution is 0.340. The van der Waals surface area contributed by atoms with Crippen LogP contribution in [-0.4, -0.2) is 21.6 Å².